The van der Waals surface area contributed by atoms with Crippen LogP contribution in [0.5, 0.6) is 0 Å². The molecule has 0 unspecified atom stereocenters. The van der Waals surface area contributed by atoms with Gasteiger partial charge in [0.1, 0.15) is 7.85 Å². The van der Waals surface area contributed by atoms with Crippen LogP contribution < -0.4 is 5.46 Å². The molecule has 0 aliphatic rings. The summed E-state index contributed by atoms with van der Waals surface area (Å²) in [7, 11) is 6.89. The number of rotatable bonds is 3. The van der Waals surface area contributed by atoms with Crippen molar-refractivity contribution in [3.05, 3.63) is 140 Å². The summed E-state index contributed by atoms with van der Waals surface area (Å²) < 4.78 is 0. The monoisotopic (exact) mass is 466 g/mol. The van der Waals surface area contributed by atoms with Crippen molar-refractivity contribution < 1.29 is 0 Å². The van der Waals surface area contributed by atoms with E-state index in [4.69, 9.17) is 7.85 Å². The second-order valence-electron chi connectivity index (χ2n) is 9.53. The lowest BCUT2D eigenvalue weighted by atomic mass is 9.77. The summed E-state index contributed by atoms with van der Waals surface area (Å²) in [5.41, 5.74) is 7.77. The van der Waals surface area contributed by atoms with Gasteiger partial charge in [0.15, 0.2) is 0 Å². The molecule has 7 aromatic carbocycles. The molecule has 0 nitrogen and oxygen atoms in total. The van der Waals surface area contributed by atoms with Gasteiger partial charge in [-0.1, -0.05) is 145 Å². The van der Waals surface area contributed by atoms with E-state index in [2.05, 4.69) is 140 Å². The normalized spacial score (nSPS) is 11.4. The van der Waals surface area contributed by atoms with Crippen molar-refractivity contribution in [3.63, 3.8) is 0 Å². The molecule has 7 rings (SSSR count). The van der Waals surface area contributed by atoms with Crippen molar-refractivity contribution in [2.45, 2.75) is 0 Å². The van der Waals surface area contributed by atoms with E-state index in [0.29, 0.717) is 0 Å². The first kappa shape index (κ1) is 21.7. The first-order chi connectivity index (χ1) is 18.3. The Labute approximate surface area is 218 Å². The van der Waals surface area contributed by atoms with Gasteiger partial charge in [0.25, 0.3) is 0 Å². The first-order valence-corrected chi connectivity index (χ1v) is 12.7. The van der Waals surface area contributed by atoms with Crippen LogP contribution in [0.3, 0.4) is 0 Å². The quantitative estimate of drug-likeness (QED) is 0.228. The van der Waals surface area contributed by atoms with Crippen LogP contribution in [-0.2, 0) is 0 Å². The molecule has 0 aliphatic carbocycles. The van der Waals surface area contributed by atoms with Crippen LogP contribution in [0.4, 0.5) is 0 Å². The van der Waals surface area contributed by atoms with Crippen LogP contribution in [0.2, 0.25) is 0 Å². The summed E-state index contributed by atoms with van der Waals surface area (Å²) in [6, 6.07) is 49.7. The van der Waals surface area contributed by atoms with E-state index >= 15 is 0 Å². The third kappa shape index (κ3) is 3.55. The third-order valence-electron chi connectivity index (χ3n) is 7.44. The summed E-state index contributed by atoms with van der Waals surface area (Å²) in [6.07, 6.45) is 0. The fourth-order valence-corrected chi connectivity index (χ4v) is 5.76. The van der Waals surface area contributed by atoms with Crippen molar-refractivity contribution in [2.24, 2.45) is 0 Å². The van der Waals surface area contributed by atoms with Crippen molar-refractivity contribution >= 4 is 45.6 Å². The van der Waals surface area contributed by atoms with Crippen LogP contribution in [0.15, 0.2) is 140 Å². The topological polar surface area (TPSA) is 0 Å². The van der Waals surface area contributed by atoms with Crippen LogP contribution in [0, 0.1) is 0 Å². The standard InChI is InChI=1S/C36H23B/c37-34-23-22-33(30-19-7-13-24-10-1-4-16-27(24)30)35(31-20-8-14-25-11-2-5-17-28(25)31)36(34)32-21-9-15-26-12-3-6-18-29(26)32/h1-23H. The molecule has 0 amide bonds. The number of hydrogen-bond donors (Lipinski definition) is 0. The SMILES string of the molecule is [B]c1ccc(-c2cccc3ccccc23)c(-c2cccc3ccccc23)c1-c1cccc2ccccc12. The Bertz CT molecular complexity index is 1930. The molecule has 37 heavy (non-hydrogen) atoms. The van der Waals surface area contributed by atoms with Crippen LogP contribution in [0.1, 0.15) is 0 Å². The lowest BCUT2D eigenvalue weighted by Crippen LogP contribution is -2.10. The number of hydrogen-bond acceptors (Lipinski definition) is 0. The zero-order valence-electron chi connectivity index (χ0n) is 20.4. The molecular weight excluding hydrogens is 443 g/mol. The van der Waals surface area contributed by atoms with E-state index in [1.165, 1.54) is 54.6 Å². The Hall–Kier alpha value is -4.62. The number of fused-ring (bicyclic) bond motifs is 3. The minimum Gasteiger partial charge on any atom is -0.0883 e. The van der Waals surface area contributed by atoms with Gasteiger partial charge in [0, 0.05) is 0 Å². The molecule has 0 saturated carbocycles. The lowest BCUT2D eigenvalue weighted by molar-refractivity contribution is 1.62. The van der Waals surface area contributed by atoms with Crippen molar-refractivity contribution in [3.8, 4) is 33.4 Å². The Morgan fingerprint density at radius 2 is 0.703 bits per heavy atom. The minimum atomic E-state index is 0.781. The molecule has 2 radical (unpaired) electrons. The van der Waals surface area contributed by atoms with Gasteiger partial charge in [0.2, 0.25) is 0 Å². The predicted octanol–water partition coefficient (Wildman–Crippen LogP) is 8.94. The van der Waals surface area contributed by atoms with Gasteiger partial charge in [-0.25, -0.2) is 0 Å². The fourth-order valence-electron chi connectivity index (χ4n) is 5.76. The average Bonchev–Trinajstić information content (AvgIpc) is 2.96. The van der Waals surface area contributed by atoms with Gasteiger partial charge in [-0.3, -0.25) is 0 Å². The second kappa shape index (κ2) is 8.80. The van der Waals surface area contributed by atoms with E-state index in [1.54, 1.807) is 0 Å². The third-order valence-corrected chi connectivity index (χ3v) is 7.44. The highest BCUT2D eigenvalue weighted by molar-refractivity contribution is 6.38. The fraction of sp³-hybridized carbons (Fsp3) is 0. The number of benzene rings is 7. The molecule has 0 fully saturated rings. The van der Waals surface area contributed by atoms with Gasteiger partial charge in [-0.15, -0.1) is 0 Å². The molecule has 0 atom stereocenters. The highest BCUT2D eigenvalue weighted by Crippen LogP contribution is 2.44. The zero-order chi connectivity index (χ0) is 24.8. The molecule has 0 aliphatic heterocycles. The highest BCUT2D eigenvalue weighted by Gasteiger charge is 2.20. The molecule has 7 aromatic rings. The van der Waals surface area contributed by atoms with Gasteiger partial charge >= 0.3 is 0 Å². The molecule has 0 N–H and O–H groups in total. The van der Waals surface area contributed by atoms with Crippen molar-refractivity contribution in [2.75, 3.05) is 0 Å². The Morgan fingerprint density at radius 1 is 0.297 bits per heavy atom. The minimum absolute atomic E-state index is 0.781. The predicted molar refractivity (Wildman–Crippen MR) is 161 cm³/mol. The summed E-state index contributed by atoms with van der Waals surface area (Å²) in [4.78, 5) is 0. The van der Waals surface area contributed by atoms with Crippen LogP contribution in [-0.4, -0.2) is 7.85 Å². The summed E-state index contributed by atoms with van der Waals surface area (Å²) in [5, 5.41) is 7.31. The largest absolute Gasteiger partial charge is 0.114 e. The molecule has 0 spiro atoms. The Morgan fingerprint density at radius 3 is 1.24 bits per heavy atom. The maximum Gasteiger partial charge on any atom is 0.114 e. The van der Waals surface area contributed by atoms with Gasteiger partial charge in [-0.05, 0) is 65.7 Å². The van der Waals surface area contributed by atoms with E-state index in [0.717, 1.165) is 16.6 Å². The van der Waals surface area contributed by atoms with E-state index in [9.17, 15) is 0 Å². The second-order valence-corrected chi connectivity index (χ2v) is 9.53. The Balaban J connectivity index is 1.67. The maximum absolute atomic E-state index is 6.89. The average molecular weight is 466 g/mol. The summed E-state index contributed by atoms with van der Waals surface area (Å²) in [6.45, 7) is 0. The van der Waals surface area contributed by atoms with Gasteiger partial charge in [0.05, 0.1) is 0 Å². The van der Waals surface area contributed by atoms with E-state index in [1.807, 2.05) is 0 Å². The van der Waals surface area contributed by atoms with Gasteiger partial charge in [-0.2, -0.15) is 0 Å². The summed E-state index contributed by atoms with van der Waals surface area (Å²) >= 11 is 0. The van der Waals surface area contributed by atoms with E-state index < -0.39 is 0 Å². The molecule has 0 saturated heterocycles. The summed E-state index contributed by atoms with van der Waals surface area (Å²) in [5.74, 6) is 0. The van der Waals surface area contributed by atoms with Gasteiger partial charge < -0.3 is 0 Å². The highest BCUT2D eigenvalue weighted by atomic mass is 14.2. The van der Waals surface area contributed by atoms with Crippen LogP contribution >= 0.6 is 0 Å². The van der Waals surface area contributed by atoms with Crippen molar-refractivity contribution in [1.29, 1.82) is 0 Å². The lowest BCUT2D eigenvalue weighted by Gasteiger charge is -2.22. The molecule has 0 heterocycles. The molecular formula is C36H23B. The Kier molecular flexibility index (Phi) is 5.15. The smallest absolute Gasteiger partial charge is 0.0883 e. The van der Waals surface area contributed by atoms with E-state index in [-0.39, 0.29) is 0 Å². The maximum atomic E-state index is 6.89. The molecule has 1 heteroatoms. The molecule has 0 bridgehead atoms. The molecule has 170 valence electrons. The zero-order valence-corrected chi connectivity index (χ0v) is 20.4. The van der Waals surface area contributed by atoms with Crippen molar-refractivity contribution in [1.82, 2.24) is 0 Å². The first-order valence-electron chi connectivity index (χ1n) is 12.7. The molecule has 0 aromatic heterocycles. The van der Waals surface area contributed by atoms with Crippen LogP contribution in [0.25, 0.3) is 65.7 Å².